The molecule has 94 valence electrons. The lowest BCUT2D eigenvalue weighted by molar-refractivity contribution is 0.402. The molecular formula is C14H15FN2O. The normalized spacial score (nSPS) is 12.2. The van der Waals surface area contributed by atoms with E-state index in [4.69, 9.17) is 10.5 Å². The Morgan fingerprint density at radius 1 is 1.33 bits per heavy atom. The van der Waals surface area contributed by atoms with Crippen LogP contribution in [0.2, 0.25) is 0 Å². The van der Waals surface area contributed by atoms with Crippen LogP contribution >= 0.6 is 0 Å². The molecular weight excluding hydrogens is 231 g/mol. The van der Waals surface area contributed by atoms with Crippen molar-refractivity contribution in [2.24, 2.45) is 5.73 Å². The van der Waals surface area contributed by atoms with Crippen LogP contribution < -0.4 is 10.5 Å². The van der Waals surface area contributed by atoms with Crippen molar-refractivity contribution in [1.29, 1.82) is 0 Å². The van der Waals surface area contributed by atoms with Gasteiger partial charge in [0.25, 0.3) is 0 Å². The van der Waals surface area contributed by atoms with E-state index < -0.39 is 6.04 Å². The number of pyridine rings is 1. The fourth-order valence-corrected chi connectivity index (χ4v) is 1.95. The number of aromatic nitrogens is 1. The molecule has 0 amide bonds. The first-order valence-corrected chi connectivity index (χ1v) is 5.63. The van der Waals surface area contributed by atoms with Gasteiger partial charge in [-0.3, -0.25) is 4.98 Å². The van der Waals surface area contributed by atoms with Gasteiger partial charge in [0, 0.05) is 12.4 Å². The number of halogens is 1. The SMILES string of the molecule is COc1cccc(F)c1C(N)c1cnccc1C. The van der Waals surface area contributed by atoms with Crippen molar-refractivity contribution in [3.05, 3.63) is 59.2 Å². The number of benzene rings is 1. The molecule has 3 nitrogen and oxygen atoms in total. The highest BCUT2D eigenvalue weighted by Crippen LogP contribution is 2.31. The molecule has 4 heteroatoms. The molecule has 2 N–H and O–H groups in total. The Kier molecular flexibility index (Phi) is 3.58. The quantitative estimate of drug-likeness (QED) is 0.905. The number of nitrogens with zero attached hydrogens (tertiary/aromatic N) is 1. The Hall–Kier alpha value is -1.94. The van der Waals surface area contributed by atoms with Crippen LogP contribution in [0, 0.1) is 12.7 Å². The van der Waals surface area contributed by atoms with Gasteiger partial charge in [-0.15, -0.1) is 0 Å². The first kappa shape index (κ1) is 12.5. The zero-order valence-electron chi connectivity index (χ0n) is 10.4. The molecule has 0 saturated carbocycles. The van der Waals surface area contributed by atoms with Gasteiger partial charge in [0.05, 0.1) is 18.7 Å². The molecule has 0 saturated heterocycles. The van der Waals surface area contributed by atoms with Crippen molar-refractivity contribution in [3.63, 3.8) is 0 Å². The van der Waals surface area contributed by atoms with E-state index in [1.807, 2.05) is 13.0 Å². The molecule has 1 heterocycles. The first-order chi connectivity index (χ1) is 8.65. The van der Waals surface area contributed by atoms with Crippen molar-refractivity contribution < 1.29 is 9.13 Å². The average Bonchev–Trinajstić information content (AvgIpc) is 2.38. The second-order valence-corrected chi connectivity index (χ2v) is 4.07. The number of methoxy groups -OCH3 is 1. The average molecular weight is 246 g/mol. The Bertz CT molecular complexity index is 557. The third kappa shape index (κ3) is 2.19. The predicted octanol–water partition coefficient (Wildman–Crippen LogP) is 2.59. The second-order valence-electron chi connectivity index (χ2n) is 4.07. The summed E-state index contributed by atoms with van der Waals surface area (Å²) in [6, 6.07) is 5.94. The highest BCUT2D eigenvalue weighted by molar-refractivity contribution is 5.43. The first-order valence-electron chi connectivity index (χ1n) is 5.63. The van der Waals surface area contributed by atoms with E-state index in [9.17, 15) is 4.39 Å². The zero-order valence-corrected chi connectivity index (χ0v) is 10.4. The minimum Gasteiger partial charge on any atom is -0.496 e. The zero-order chi connectivity index (χ0) is 13.1. The molecule has 2 aromatic rings. The summed E-state index contributed by atoms with van der Waals surface area (Å²) in [5.41, 5.74) is 8.26. The van der Waals surface area contributed by atoms with Gasteiger partial charge in [0.1, 0.15) is 11.6 Å². The summed E-state index contributed by atoms with van der Waals surface area (Å²) in [7, 11) is 1.50. The van der Waals surface area contributed by atoms with Crippen LogP contribution in [-0.2, 0) is 0 Å². The fourth-order valence-electron chi connectivity index (χ4n) is 1.95. The second kappa shape index (κ2) is 5.14. The van der Waals surface area contributed by atoms with Gasteiger partial charge in [-0.1, -0.05) is 6.07 Å². The van der Waals surface area contributed by atoms with Crippen LogP contribution in [0.1, 0.15) is 22.7 Å². The summed E-state index contributed by atoms with van der Waals surface area (Å²) in [4.78, 5) is 4.03. The standard InChI is InChI=1S/C14H15FN2O/c1-9-6-7-17-8-10(9)14(16)13-11(15)4-3-5-12(13)18-2/h3-8,14H,16H2,1-2H3. The molecule has 0 aliphatic rings. The lowest BCUT2D eigenvalue weighted by atomic mass is 9.96. The number of ether oxygens (including phenoxy) is 1. The number of rotatable bonds is 3. The smallest absolute Gasteiger partial charge is 0.132 e. The number of nitrogens with two attached hydrogens (primary N) is 1. The van der Waals surface area contributed by atoms with E-state index in [1.54, 1.807) is 24.5 Å². The summed E-state index contributed by atoms with van der Waals surface area (Å²) in [6.45, 7) is 1.92. The third-order valence-corrected chi connectivity index (χ3v) is 2.96. The molecule has 0 aliphatic carbocycles. The van der Waals surface area contributed by atoms with E-state index in [0.29, 0.717) is 11.3 Å². The maximum atomic E-state index is 13.9. The summed E-state index contributed by atoms with van der Waals surface area (Å²) in [5, 5.41) is 0. The maximum Gasteiger partial charge on any atom is 0.132 e. The van der Waals surface area contributed by atoms with Crippen molar-refractivity contribution in [2.45, 2.75) is 13.0 Å². The molecule has 0 spiro atoms. The fraction of sp³-hybridized carbons (Fsp3) is 0.214. The monoisotopic (exact) mass is 246 g/mol. The van der Waals surface area contributed by atoms with Crippen LogP contribution in [0.4, 0.5) is 4.39 Å². The number of aryl methyl sites for hydroxylation is 1. The van der Waals surface area contributed by atoms with Gasteiger partial charge in [-0.2, -0.15) is 0 Å². The van der Waals surface area contributed by atoms with Crippen LogP contribution in [0.15, 0.2) is 36.7 Å². The van der Waals surface area contributed by atoms with Gasteiger partial charge < -0.3 is 10.5 Å². The largest absolute Gasteiger partial charge is 0.496 e. The molecule has 0 fully saturated rings. The third-order valence-electron chi connectivity index (χ3n) is 2.96. The van der Waals surface area contributed by atoms with Gasteiger partial charge in [-0.25, -0.2) is 4.39 Å². The van der Waals surface area contributed by atoms with E-state index >= 15 is 0 Å². The van der Waals surface area contributed by atoms with Crippen molar-refractivity contribution >= 4 is 0 Å². The molecule has 1 aromatic heterocycles. The Morgan fingerprint density at radius 2 is 2.11 bits per heavy atom. The van der Waals surface area contributed by atoms with Crippen LogP contribution in [0.3, 0.4) is 0 Å². The maximum absolute atomic E-state index is 13.9. The molecule has 1 unspecified atom stereocenters. The summed E-state index contributed by atoms with van der Waals surface area (Å²) in [6.07, 6.45) is 3.34. The van der Waals surface area contributed by atoms with Crippen LogP contribution in [-0.4, -0.2) is 12.1 Å². The Balaban J connectivity index is 2.52. The van der Waals surface area contributed by atoms with Crippen molar-refractivity contribution in [2.75, 3.05) is 7.11 Å². The topological polar surface area (TPSA) is 48.1 Å². The highest BCUT2D eigenvalue weighted by Gasteiger charge is 2.19. The van der Waals surface area contributed by atoms with Crippen LogP contribution in [0.5, 0.6) is 5.75 Å². The molecule has 1 aromatic carbocycles. The van der Waals surface area contributed by atoms with Gasteiger partial charge in [0.2, 0.25) is 0 Å². The minimum absolute atomic E-state index is 0.358. The summed E-state index contributed by atoms with van der Waals surface area (Å²) >= 11 is 0. The summed E-state index contributed by atoms with van der Waals surface area (Å²) in [5.74, 6) is 0.0795. The number of hydrogen-bond acceptors (Lipinski definition) is 3. The predicted molar refractivity (Wildman–Crippen MR) is 68.0 cm³/mol. The molecule has 18 heavy (non-hydrogen) atoms. The highest BCUT2D eigenvalue weighted by atomic mass is 19.1. The van der Waals surface area contributed by atoms with Gasteiger partial charge >= 0.3 is 0 Å². The minimum atomic E-state index is -0.588. The van der Waals surface area contributed by atoms with E-state index in [-0.39, 0.29) is 5.82 Å². The van der Waals surface area contributed by atoms with E-state index in [2.05, 4.69) is 4.98 Å². The molecule has 0 radical (unpaired) electrons. The van der Waals surface area contributed by atoms with Crippen molar-refractivity contribution in [1.82, 2.24) is 4.98 Å². The lowest BCUT2D eigenvalue weighted by Crippen LogP contribution is -2.16. The van der Waals surface area contributed by atoms with Crippen LogP contribution in [0.25, 0.3) is 0 Å². The Labute approximate surface area is 105 Å². The molecule has 0 aliphatic heterocycles. The Morgan fingerprint density at radius 3 is 2.78 bits per heavy atom. The molecule has 1 atom stereocenters. The van der Waals surface area contributed by atoms with Gasteiger partial charge in [-0.05, 0) is 36.2 Å². The van der Waals surface area contributed by atoms with E-state index in [1.165, 1.54) is 13.2 Å². The van der Waals surface area contributed by atoms with Crippen molar-refractivity contribution in [3.8, 4) is 5.75 Å². The summed E-state index contributed by atoms with van der Waals surface area (Å²) < 4.78 is 19.1. The van der Waals surface area contributed by atoms with E-state index in [0.717, 1.165) is 11.1 Å². The molecule has 0 bridgehead atoms. The van der Waals surface area contributed by atoms with Gasteiger partial charge in [0.15, 0.2) is 0 Å². The lowest BCUT2D eigenvalue weighted by Gasteiger charge is -2.18. The number of hydrogen-bond donors (Lipinski definition) is 1. The molecule has 2 rings (SSSR count).